The number of nitrogens with one attached hydrogen (secondary N) is 1. The summed E-state index contributed by atoms with van der Waals surface area (Å²) in [4.78, 5) is 11.4. The maximum atomic E-state index is 11.4. The van der Waals surface area contributed by atoms with Crippen LogP contribution in [0.3, 0.4) is 0 Å². The number of hydrogen-bond acceptors (Lipinski definition) is 2. The van der Waals surface area contributed by atoms with Gasteiger partial charge >= 0.3 is 0 Å². The number of amides is 1. The highest BCUT2D eigenvalue weighted by Gasteiger charge is 1.97. The summed E-state index contributed by atoms with van der Waals surface area (Å²) in [5, 5.41) is 4.71. The Balaban J connectivity index is 2.24. The molecular formula is C15H21NOS. The highest BCUT2D eigenvalue weighted by atomic mass is 32.2. The fraction of sp³-hybridized carbons (Fsp3) is 0.400. The maximum absolute atomic E-state index is 11.4. The molecule has 0 saturated heterocycles. The second kappa shape index (κ2) is 7.98. The zero-order chi connectivity index (χ0) is 13.4. The molecule has 0 atom stereocenters. The van der Waals surface area contributed by atoms with E-state index in [2.05, 4.69) is 50.4 Å². The van der Waals surface area contributed by atoms with Crippen LogP contribution in [-0.4, -0.2) is 12.5 Å². The Morgan fingerprint density at radius 3 is 2.61 bits per heavy atom. The van der Waals surface area contributed by atoms with Crippen LogP contribution >= 0.6 is 11.8 Å². The zero-order valence-electron chi connectivity index (χ0n) is 11.3. The number of carbonyl (C=O) groups excluding carboxylic acids is 1. The number of hydrogen-bond donors (Lipinski definition) is 1. The standard InChI is InChI=1S/C15H21NOS/c1-12(2)10-16-15(17)8-9-18-11-14-6-4-13(3)5-7-14/h4-9,12H,10-11H2,1-3H3,(H,16,17)/b9-8-. The average molecular weight is 263 g/mol. The van der Waals surface area contributed by atoms with Crippen LogP contribution < -0.4 is 5.32 Å². The summed E-state index contributed by atoms with van der Waals surface area (Å²) in [6.45, 7) is 6.97. The summed E-state index contributed by atoms with van der Waals surface area (Å²) in [5.74, 6) is 1.37. The molecule has 0 heterocycles. The molecule has 0 radical (unpaired) electrons. The quantitative estimate of drug-likeness (QED) is 0.796. The summed E-state index contributed by atoms with van der Waals surface area (Å²) in [6, 6.07) is 8.45. The van der Waals surface area contributed by atoms with E-state index in [0.717, 1.165) is 12.3 Å². The molecule has 1 amide bonds. The van der Waals surface area contributed by atoms with Crippen molar-refractivity contribution in [1.82, 2.24) is 5.32 Å². The largest absolute Gasteiger partial charge is 0.352 e. The molecule has 0 spiro atoms. The van der Waals surface area contributed by atoms with Crippen LogP contribution in [0.5, 0.6) is 0 Å². The molecule has 1 aromatic rings. The predicted molar refractivity (Wildman–Crippen MR) is 79.5 cm³/mol. The van der Waals surface area contributed by atoms with E-state index in [-0.39, 0.29) is 5.91 Å². The van der Waals surface area contributed by atoms with E-state index >= 15 is 0 Å². The van der Waals surface area contributed by atoms with Gasteiger partial charge in [-0.15, -0.1) is 11.8 Å². The van der Waals surface area contributed by atoms with Crippen LogP contribution in [0.4, 0.5) is 0 Å². The Bertz CT molecular complexity index is 395. The van der Waals surface area contributed by atoms with Gasteiger partial charge in [0.1, 0.15) is 0 Å². The van der Waals surface area contributed by atoms with Crippen LogP contribution in [0.15, 0.2) is 35.7 Å². The van der Waals surface area contributed by atoms with Crippen molar-refractivity contribution in [2.45, 2.75) is 26.5 Å². The molecule has 0 bridgehead atoms. The average Bonchev–Trinajstić information content (AvgIpc) is 2.34. The third kappa shape index (κ3) is 6.50. The van der Waals surface area contributed by atoms with E-state index in [9.17, 15) is 4.79 Å². The lowest BCUT2D eigenvalue weighted by atomic mass is 10.2. The van der Waals surface area contributed by atoms with Gasteiger partial charge in [-0.3, -0.25) is 4.79 Å². The Hall–Kier alpha value is -1.22. The minimum atomic E-state index is -0.0138. The predicted octanol–water partition coefficient (Wildman–Crippen LogP) is 3.51. The molecule has 18 heavy (non-hydrogen) atoms. The normalized spacial score (nSPS) is 11.1. The summed E-state index contributed by atoms with van der Waals surface area (Å²) in [7, 11) is 0. The van der Waals surface area contributed by atoms with Gasteiger partial charge < -0.3 is 5.32 Å². The van der Waals surface area contributed by atoms with Gasteiger partial charge in [0.2, 0.25) is 5.91 Å². The molecule has 0 saturated carbocycles. The maximum Gasteiger partial charge on any atom is 0.244 e. The highest BCUT2D eigenvalue weighted by molar-refractivity contribution is 8.01. The molecule has 2 nitrogen and oxygen atoms in total. The van der Waals surface area contributed by atoms with Crippen LogP contribution in [0, 0.1) is 12.8 Å². The smallest absolute Gasteiger partial charge is 0.244 e. The van der Waals surface area contributed by atoms with Gasteiger partial charge in [0, 0.05) is 18.4 Å². The molecule has 1 aromatic carbocycles. The van der Waals surface area contributed by atoms with E-state index in [1.807, 2.05) is 5.41 Å². The lowest BCUT2D eigenvalue weighted by Gasteiger charge is -2.04. The van der Waals surface area contributed by atoms with Crippen molar-refractivity contribution >= 4 is 17.7 Å². The van der Waals surface area contributed by atoms with Gasteiger partial charge in [-0.25, -0.2) is 0 Å². The molecule has 1 rings (SSSR count). The molecule has 0 fully saturated rings. The second-order valence-corrected chi connectivity index (χ2v) is 5.63. The van der Waals surface area contributed by atoms with E-state index in [4.69, 9.17) is 0 Å². The minimum Gasteiger partial charge on any atom is -0.352 e. The number of thioether (sulfide) groups is 1. The van der Waals surface area contributed by atoms with Gasteiger partial charge in [0.25, 0.3) is 0 Å². The Labute approximate surface area is 114 Å². The number of benzene rings is 1. The molecule has 0 aliphatic rings. The molecular weight excluding hydrogens is 242 g/mol. The first-order valence-corrected chi connectivity index (χ1v) is 7.24. The van der Waals surface area contributed by atoms with Crippen molar-refractivity contribution in [3.05, 3.63) is 46.9 Å². The molecule has 0 aliphatic carbocycles. The van der Waals surface area contributed by atoms with Crippen molar-refractivity contribution in [3.8, 4) is 0 Å². The summed E-state index contributed by atoms with van der Waals surface area (Å²) < 4.78 is 0. The van der Waals surface area contributed by atoms with Crippen LogP contribution in [0.25, 0.3) is 0 Å². The summed E-state index contributed by atoms with van der Waals surface area (Å²) in [6.07, 6.45) is 1.60. The molecule has 1 N–H and O–H groups in total. The van der Waals surface area contributed by atoms with E-state index in [1.165, 1.54) is 11.1 Å². The SMILES string of the molecule is Cc1ccc(CS/C=C\C(=O)NCC(C)C)cc1. The molecule has 0 aliphatic heterocycles. The lowest BCUT2D eigenvalue weighted by Crippen LogP contribution is -2.25. The second-order valence-electron chi connectivity index (χ2n) is 4.74. The topological polar surface area (TPSA) is 29.1 Å². The Morgan fingerprint density at radius 2 is 2.00 bits per heavy atom. The molecule has 0 unspecified atom stereocenters. The lowest BCUT2D eigenvalue weighted by molar-refractivity contribution is -0.116. The van der Waals surface area contributed by atoms with Crippen LogP contribution in [0.2, 0.25) is 0 Å². The van der Waals surface area contributed by atoms with E-state index in [1.54, 1.807) is 17.8 Å². The number of carbonyl (C=O) groups is 1. The molecule has 98 valence electrons. The van der Waals surface area contributed by atoms with E-state index in [0.29, 0.717) is 5.92 Å². The third-order valence-electron chi connectivity index (χ3n) is 2.37. The summed E-state index contributed by atoms with van der Waals surface area (Å²) in [5.41, 5.74) is 2.55. The van der Waals surface area contributed by atoms with Crippen molar-refractivity contribution in [2.75, 3.05) is 6.54 Å². The third-order valence-corrected chi connectivity index (χ3v) is 3.20. The van der Waals surface area contributed by atoms with Crippen LogP contribution in [-0.2, 0) is 10.5 Å². The van der Waals surface area contributed by atoms with Gasteiger partial charge in [-0.2, -0.15) is 0 Å². The Morgan fingerprint density at radius 1 is 1.33 bits per heavy atom. The Kier molecular flexibility index (Phi) is 6.58. The zero-order valence-corrected chi connectivity index (χ0v) is 12.1. The summed E-state index contributed by atoms with van der Waals surface area (Å²) >= 11 is 1.63. The number of rotatable bonds is 6. The van der Waals surface area contributed by atoms with E-state index < -0.39 is 0 Å². The molecule has 3 heteroatoms. The number of aryl methyl sites for hydroxylation is 1. The van der Waals surface area contributed by atoms with Gasteiger partial charge in [0.05, 0.1) is 0 Å². The van der Waals surface area contributed by atoms with Crippen molar-refractivity contribution < 1.29 is 4.79 Å². The first kappa shape index (κ1) is 14.8. The minimum absolute atomic E-state index is 0.0138. The van der Waals surface area contributed by atoms with Crippen molar-refractivity contribution in [1.29, 1.82) is 0 Å². The van der Waals surface area contributed by atoms with Crippen molar-refractivity contribution in [3.63, 3.8) is 0 Å². The van der Waals surface area contributed by atoms with Gasteiger partial charge in [-0.05, 0) is 23.8 Å². The fourth-order valence-corrected chi connectivity index (χ4v) is 2.00. The first-order chi connectivity index (χ1) is 8.58. The van der Waals surface area contributed by atoms with Crippen LogP contribution in [0.1, 0.15) is 25.0 Å². The molecule has 0 aromatic heterocycles. The fourth-order valence-electron chi connectivity index (χ4n) is 1.30. The van der Waals surface area contributed by atoms with Gasteiger partial charge in [-0.1, -0.05) is 43.7 Å². The monoisotopic (exact) mass is 263 g/mol. The highest BCUT2D eigenvalue weighted by Crippen LogP contribution is 2.13. The first-order valence-electron chi connectivity index (χ1n) is 6.19. The van der Waals surface area contributed by atoms with Gasteiger partial charge in [0.15, 0.2) is 0 Å². The van der Waals surface area contributed by atoms with Crippen molar-refractivity contribution in [2.24, 2.45) is 5.92 Å².